The van der Waals surface area contributed by atoms with Crippen molar-refractivity contribution in [2.75, 3.05) is 6.61 Å². The number of carbonyl (C=O) groups excluding carboxylic acids is 1. The molecule has 0 aliphatic heterocycles. The first-order valence-corrected chi connectivity index (χ1v) is 8.54. The van der Waals surface area contributed by atoms with Gasteiger partial charge in [-0.3, -0.25) is 4.68 Å². The van der Waals surface area contributed by atoms with Crippen molar-refractivity contribution in [1.29, 1.82) is 0 Å². The molecular weight excluding hydrogens is 316 g/mol. The highest BCUT2D eigenvalue weighted by Gasteiger charge is 2.18. The van der Waals surface area contributed by atoms with Crippen LogP contribution in [0, 0.1) is 20.8 Å². The van der Waals surface area contributed by atoms with Gasteiger partial charge in [-0.2, -0.15) is 5.10 Å². The maximum absolute atomic E-state index is 12.2. The fourth-order valence-electron chi connectivity index (χ4n) is 2.92. The van der Waals surface area contributed by atoms with E-state index >= 15 is 0 Å². The lowest BCUT2D eigenvalue weighted by Gasteiger charge is -2.19. The first kappa shape index (κ1) is 18.8. The molecule has 2 atom stereocenters. The van der Waals surface area contributed by atoms with Crippen LogP contribution in [0.2, 0.25) is 0 Å². The van der Waals surface area contributed by atoms with Gasteiger partial charge in [0, 0.05) is 18.3 Å². The van der Waals surface area contributed by atoms with Crippen molar-refractivity contribution in [1.82, 2.24) is 20.4 Å². The molecule has 6 nitrogen and oxygen atoms in total. The molecule has 1 aromatic carbocycles. The molecule has 0 aliphatic rings. The van der Waals surface area contributed by atoms with E-state index in [1.807, 2.05) is 70.6 Å². The molecule has 1 aromatic heterocycles. The number of rotatable bonds is 6. The number of aryl methyl sites for hydroxylation is 3. The fraction of sp³-hybridized carbons (Fsp3) is 0.474. The lowest BCUT2D eigenvalue weighted by atomic mass is 10.1. The molecule has 2 amide bonds. The number of carbonyl (C=O) groups is 1. The molecule has 2 N–H and O–H groups in total. The van der Waals surface area contributed by atoms with Gasteiger partial charge in [0.1, 0.15) is 12.4 Å². The SMILES string of the molecule is Cc1cccc(OC[C@@H](C)NC(=O)N[C@H](C)c2c(C)nn(C)c2C)c1. The van der Waals surface area contributed by atoms with Crippen LogP contribution in [0.3, 0.4) is 0 Å². The standard InChI is InChI=1S/C19H28N4O2/c1-12-8-7-9-17(10-12)25-11-13(2)20-19(24)21-14(3)18-15(4)22-23(6)16(18)5/h7-10,13-14H,11H2,1-6H3,(H2,20,21,24)/t13-,14-/m1/s1. The Morgan fingerprint density at radius 2 is 1.96 bits per heavy atom. The normalized spacial score (nSPS) is 13.2. The van der Waals surface area contributed by atoms with E-state index in [1.165, 1.54) is 0 Å². The van der Waals surface area contributed by atoms with E-state index in [0.717, 1.165) is 28.3 Å². The summed E-state index contributed by atoms with van der Waals surface area (Å²) < 4.78 is 7.56. The van der Waals surface area contributed by atoms with Crippen LogP contribution in [0.5, 0.6) is 5.75 Å². The van der Waals surface area contributed by atoms with Crippen LogP contribution >= 0.6 is 0 Å². The van der Waals surface area contributed by atoms with Crippen molar-refractivity contribution in [2.45, 2.75) is 46.7 Å². The number of benzene rings is 1. The summed E-state index contributed by atoms with van der Waals surface area (Å²) in [5.74, 6) is 0.809. The molecule has 0 unspecified atom stereocenters. The maximum Gasteiger partial charge on any atom is 0.315 e. The van der Waals surface area contributed by atoms with Gasteiger partial charge >= 0.3 is 6.03 Å². The van der Waals surface area contributed by atoms with Crippen LogP contribution in [0.15, 0.2) is 24.3 Å². The quantitative estimate of drug-likeness (QED) is 0.846. The van der Waals surface area contributed by atoms with E-state index in [-0.39, 0.29) is 18.1 Å². The average Bonchev–Trinajstić information content (AvgIpc) is 2.78. The van der Waals surface area contributed by atoms with E-state index in [2.05, 4.69) is 15.7 Å². The number of hydrogen-bond acceptors (Lipinski definition) is 3. The number of urea groups is 1. The van der Waals surface area contributed by atoms with Crippen molar-refractivity contribution in [3.8, 4) is 5.75 Å². The summed E-state index contributed by atoms with van der Waals surface area (Å²) in [6.07, 6.45) is 0. The number of hydrogen-bond donors (Lipinski definition) is 2. The molecule has 0 spiro atoms. The van der Waals surface area contributed by atoms with Crippen LogP contribution in [0.25, 0.3) is 0 Å². The van der Waals surface area contributed by atoms with Crippen LogP contribution in [0.1, 0.15) is 42.4 Å². The van der Waals surface area contributed by atoms with Gasteiger partial charge in [0.15, 0.2) is 0 Å². The van der Waals surface area contributed by atoms with E-state index < -0.39 is 0 Å². The van der Waals surface area contributed by atoms with Crippen LogP contribution in [-0.2, 0) is 7.05 Å². The van der Waals surface area contributed by atoms with Gasteiger partial charge in [0.2, 0.25) is 0 Å². The Balaban J connectivity index is 1.84. The van der Waals surface area contributed by atoms with Gasteiger partial charge in [0.25, 0.3) is 0 Å². The zero-order chi connectivity index (χ0) is 18.6. The number of aromatic nitrogens is 2. The van der Waals surface area contributed by atoms with E-state index in [1.54, 1.807) is 0 Å². The maximum atomic E-state index is 12.2. The number of nitrogens with zero attached hydrogens (tertiary/aromatic N) is 2. The largest absolute Gasteiger partial charge is 0.491 e. The van der Waals surface area contributed by atoms with E-state index in [4.69, 9.17) is 4.74 Å². The molecule has 0 bridgehead atoms. The fourth-order valence-corrected chi connectivity index (χ4v) is 2.92. The summed E-state index contributed by atoms with van der Waals surface area (Å²) in [6, 6.07) is 7.43. The summed E-state index contributed by atoms with van der Waals surface area (Å²) in [5, 5.41) is 10.3. The van der Waals surface area contributed by atoms with Crippen molar-refractivity contribution in [3.63, 3.8) is 0 Å². The number of amides is 2. The monoisotopic (exact) mass is 344 g/mol. The predicted molar refractivity (Wildman–Crippen MR) is 98.9 cm³/mol. The highest BCUT2D eigenvalue weighted by molar-refractivity contribution is 5.74. The molecule has 0 radical (unpaired) electrons. The Morgan fingerprint density at radius 1 is 1.24 bits per heavy atom. The smallest absolute Gasteiger partial charge is 0.315 e. The minimum atomic E-state index is -0.213. The third-order valence-corrected chi connectivity index (χ3v) is 4.21. The van der Waals surface area contributed by atoms with Gasteiger partial charge in [-0.15, -0.1) is 0 Å². The average molecular weight is 344 g/mol. The van der Waals surface area contributed by atoms with Crippen molar-refractivity contribution >= 4 is 6.03 Å². The Labute approximate surface area is 149 Å². The molecule has 25 heavy (non-hydrogen) atoms. The molecule has 0 saturated heterocycles. The van der Waals surface area contributed by atoms with Gasteiger partial charge < -0.3 is 15.4 Å². The van der Waals surface area contributed by atoms with Crippen molar-refractivity contribution in [3.05, 3.63) is 46.8 Å². The zero-order valence-electron chi connectivity index (χ0n) is 15.9. The molecule has 6 heteroatoms. The second kappa shape index (κ2) is 8.05. The van der Waals surface area contributed by atoms with Gasteiger partial charge in [-0.25, -0.2) is 4.79 Å². The van der Waals surface area contributed by atoms with Crippen molar-refractivity contribution in [2.24, 2.45) is 7.05 Å². The Kier molecular flexibility index (Phi) is 6.07. The summed E-state index contributed by atoms with van der Waals surface area (Å²) in [5.41, 5.74) is 4.19. The molecule has 0 aliphatic carbocycles. The van der Waals surface area contributed by atoms with Gasteiger partial charge in [0.05, 0.1) is 17.8 Å². The van der Waals surface area contributed by atoms with Crippen molar-refractivity contribution < 1.29 is 9.53 Å². The molecular formula is C19H28N4O2. The van der Waals surface area contributed by atoms with E-state index in [0.29, 0.717) is 6.61 Å². The topological polar surface area (TPSA) is 68.2 Å². The van der Waals surface area contributed by atoms with Crippen LogP contribution in [-0.4, -0.2) is 28.5 Å². The molecule has 0 saturated carbocycles. The second-order valence-corrected chi connectivity index (χ2v) is 6.58. The molecule has 136 valence electrons. The van der Waals surface area contributed by atoms with Crippen LogP contribution < -0.4 is 15.4 Å². The third-order valence-electron chi connectivity index (χ3n) is 4.21. The molecule has 0 fully saturated rings. The lowest BCUT2D eigenvalue weighted by Crippen LogP contribution is -2.44. The highest BCUT2D eigenvalue weighted by atomic mass is 16.5. The number of ether oxygens (including phenoxy) is 1. The Hall–Kier alpha value is -2.50. The molecule has 2 aromatic rings. The first-order valence-electron chi connectivity index (χ1n) is 8.54. The highest BCUT2D eigenvalue weighted by Crippen LogP contribution is 2.20. The summed E-state index contributed by atoms with van der Waals surface area (Å²) in [7, 11) is 1.91. The summed E-state index contributed by atoms with van der Waals surface area (Å²) >= 11 is 0. The van der Waals surface area contributed by atoms with Gasteiger partial charge in [-0.1, -0.05) is 12.1 Å². The Morgan fingerprint density at radius 3 is 2.56 bits per heavy atom. The molecule has 2 rings (SSSR count). The van der Waals surface area contributed by atoms with E-state index in [9.17, 15) is 4.79 Å². The minimum Gasteiger partial charge on any atom is -0.491 e. The van der Waals surface area contributed by atoms with Gasteiger partial charge in [-0.05, 0) is 52.3 Å². The number of nitrogens with one attached hydrogen (secondary N) is 2. The van der Waals surface area contributed by atoms with Crippen LogP contribution in [0.4, 0.5) is 4.79 Å². The second-order valence-electron chi connectivity index (χ2n) is 6.58. The molecule has 1 heterocycles. The Bertz CT molecular complexity index is 739. The first-order chi connectivity index (χ1) is 11.8. The third kappa shape index (κ3) is 4.98. The predicted octanol–water partition coefficient (Wildman–Crippen LogP) is 3.17. The summed E-state index contributed by atoms with van der Waals surface area (Å²) in [6.45, 7) is 10.3. The minimum absolute atomic E-state index is 0.108. The lowest BCUT2D eigenvalue weighted by molar-refractivity contribution is 0.223. The zero-order valence-corrected chi connectivity index (χ0v) is 15.9. The summed E-state index contributed by atoms with van der Waals surface area (Å²) in [4.78, 5) is 12.2.